The van der Waals surface area contributed by atoms with Gasteiger partial charge in [-0.15, -0.1) is 0 Å². The molecule has 7 nitrogen and oxygen atoms in total. The van der Waals surface area contributed by atoms with Crippen LogP contribution in [-0.4, -0.2) is 60.4 Å². The summed E-state index contributed by atoms with van der Waals surface area (Å²) < 4.78 is 14.6. The van der Waals surface area contributed by atoms with Gasteiger partial charge >= 0.3 is 6.03 Å². The van der Waals surface area contributed by atoms with Crippen molar-refractivity contribution in [1.82, 2.24) is 15.1 Å². The molecule has 1 heterocycles. The number of aryl methyl sites for hydroxylation is 1. The lowest BCUT2D eigenvalue weighted by atomic mass is 9.93. The van der Waals surface area contributed by atoms with E-state index in [0.717, 1.165) is 50.5 Å². The Morgan fingerprint density at radius 3 is 2.34 bits per heavy atom. The van der Waals surface area contributed by atoms with Gasteiger partial charge < -0.3 is 15.1 Å². The number of amides is 4. The number of carbonyl (C=O) groups excluding carboxylic acids is 3. The summed E-state index contributed by atoms with van der Waals surface area (Å²) in [6.45, 7) is 2.36. The van der Waals surface area contributed by atoms with Crippen LogP contribution in [0.2, 0.25) is 0 Å². The van der Waals surface area contributed by atoms with Gasteiger partial charge in [0.25, 0.3) is 5.91 Å². The van der Waals surface area contributed by atoms with Crippen molar-refractivity contribution in [3.63, 3.8) is 0 Å². The van der Waals surface area contributed by atoms with E-state index in [-0.39, 0.29) is 23.9 Å². The summed E-state index contributed by atoms with van der Waals surface area (Å²) >= 11 is 0. The SMILES string of the molecule is Cc1ccccc1C(C(=O)NC1CCCCC1)N(C(=O)[C@H]1CCCCN1C(=O)N(C)C)c1cccc(F)c1. The second-order valence-corrected chi connectivity index (χ2v) is 10.7. The number of hydrogen-bond donors (Lipinski definition) is 1. The number of benzene rings is 2. The molecule has 38 heavy (non-hydrogen) atoms. The molecule has 1 N–H and O–H groups in total. The molecule has 1 aliphatic heterocycles. The molecular formula is C30H39FN4O3. The monoisotopic (exact) mass is 522 g/mol. The predicted octanol–water partition coefficient (Wildman–Crippen LogP) is 5.19. The fourth-order valence-corrected chi connectivity index (χ4v) is 5.68. The van der Waals surface area contributed by atoms with Gasteiger partial charge in [-0.1, -0.05) is 49.6 Å². The van der Waals surface area contributed by atoms with Crippen molar-refractivity contribution in [2.75, 3.05) is 25.5 Å². The molecule has 2 aromatic carbocycles. The third kappa shape index (κ3) is 6.17. The van der Waals surface area contributed by atoms with E-state index in [9.17, 15) is 18.8 Å². The van der Waals surface area contributed by atoms with Crippen molar-refractivity contribution >= 4 is 23.5 Å². The number of likely N-dealkylation sites (tertiary alicyclic amines) is 1. The minimum Gasteiger partial charge on any atom is -0.351 e. The molecule has 204 valence electrons. The average Bonchev–Trinajstić information content (AvgIpc) is 2.92. The number of nitrogens with one attached hydrogen (secondary N) is 1. The van der Waals surface area contributed by atoms with E-state index in [1.807, 2.05) is 31.2 Å². The normalized spacial score (nSPS) is 18.9. The topological polar surface area (TPSA) is 73.0 Å². The zero-order chi connectivity index (χ0) is 27.2. The molecule has 2 fully saturated rings. The first kappa shape index (κ1) is 27.6. The number of urea groups is 1. The number of hydrogen-bond acceptors (Lipinski definition) is 3. The van der Waals surface area contributed by atoms with Crippen LogP contribution in [0.5, 0.6) is 0 Å². The zero-order valence-electron chi connectivity index (χ0n) is 22.7. The number of rotatable bonds is 6. The highest BCUT2D eigenvalue weighted by molar-refractivity contribution is 6.05. The summed E-state index contributed by atoms with van der Waals surface area (Å²) in [6, 6.07) is 11.3. The molecular weight excluding hydrogens is 483 g/mol. The van der Waals surface area contributed by atoms with Gasteiger partial charge in [-0.05, 0) is 68.4 Å². The Morgan fingerprint density at radius 1 is 0.947 bits per heavy atom. The lowest BCUT2D eigenvalue weighted by molar-refractivity contribution is -0.129. The van der Waals surface area contributed by atoms with E-state index in [2.05, 4.69) is 5.32 Å². The highest BCUT2D eigenvalue weighted by Gasteiger charge is 2.41. The highest BCUT2D eigenvalue weighted by Crippen LogP contribution is 2.34. The molecule has 0 spiro atoms. The first-order valence-electron chi connectivity index (χ1n) is 13.7. The first-order valence-corrected chi connectivity index (χ1v) is 13.7. The van der Waals surface area contributed by atoms with Crippen molar-refractivity contribution in [3.05, 3.63) is 65.5 Å². The Morgan fingerprint density at radius 2 is 1.66 bits per heavy atom. The van der Waals surface area contributed by atoms with Gasteiger partial charge in [-0.3, -0.25) is 14.5 Å². The lowest BCUT2D eigenvalue weighted by Crippen LogP contribution is -2.57. The average molecular weight is 523 g/mol. The van der Waals surface area contributed by atoms with Crippen LogP contribution in [0.4, 0.5) is 14.9 Å². The maximum absolute atomic E-state index is 14.6. The van der Waals surface area contributed by atoms with Crippen molar-refractivity contribution in [1.29, 1.82) is 0 Å². The minimum absolute atomic E-state index is 0.0359. The summed E-state index contributed by atoms with van der Waals surface area (Å²) in [5, 5.41) is 3.20. The van der Waals surface area contributed by atoms with E-state index < -0.39 is 17.9 Å². The Kier molecular flexibility index (Phi) is 9.02. The van der Waals surface area contributed by atoms with Gasteiger partial charge in [-0.25, -0.2) is 9.18 Å². The van der Waals surface area contributed by atoms with Gasteiger partial charge in [-0.2, -0.15) is 0 Å². The number of halogens is 1. The molecule has 1 unspecified atom stereocenters. The Hall–Kier alpha value is -3.42. The van der Waals surface area contributed by atoms with Gasteiger partial charge in [0, 0.05) is 32.4 Å². The van der Waals surface area contributed by atoms with E-state index in [1.165, 1.54) is 21.9 Å². The van der Waals surface area contributed by atoms with Gasteiger partial charge in [0.1, 0.15) is 17.9 Å². The number of piperidine rings is 1. The fraction of sp³-hybridized carbons (Fsp3) is 0.500. The summed E-state index contributed by atoms with van der Waals surface area (Å²) in [6.07, 6.45) is 7.11. The third-order valence-electron chi connectivity index (χ3n) is 7.68. The Labute approximate surface area is 225 Å². The van der Waals surface area contributed by atoms with Crippen LogP contribution < -0.4 is 10.2 Å². The maximum atomic E-state index is 14.6. The van der Waals surface area contributed by atoms with Crippen molar-refractivity contribution < 1.29 is 18.8 Å². The Bertz CT molecular complexity index is 1150. The second-order valence-electron chi connectivity index (χ2n) is 10.7. The largest absolute Gasteiger partial charge is 0.351 e. The summed E-state index contributed by atoms with van der Waals surface area (Å²) in [5.41, 5.74) is 1.83. The van der Waals surface area contributed by atoms with Gasteiger partial charge in [0.05, 0.1) is 0 Å². The molecule has 1 saturated heterocycles. The molecule has 8 heteroatoms. The molecule has 1 saturated carbocycles. The molecule has 0 bridgehead atoms. The third-order valence-corrected chi connectivity index (χ3v) is 7.68. The molecule has 4 rings (SSSR count). The van der Waals surface area contributed by atoms with Crippen LogP contribution in [0.15, 0.2) is 48.5 Å². The zero-order valence-corrected chi connectivity index (χ0v) is 22.7. The smallest absolute Gasteiger partial charge is 0.320 e. The maximum Gasteiger partial charge on any atom is 0.320 e. The van der Waals surface area contributed by atoms with Crippen LogP contribution in [0.1, 0.15) is 68.5 Å². The van der Waals surface area contributed by atoms with Crippen LogP contribution in [0.25, 0.3) is 0 Å². The highest BCUT2D eigenvalue weighted by atomic mass is 19.1. The van der Waals surface area contributed by atoms with Crippen molar-refractivity contribution in [2.24, 2.45) is 0 Å². The van der Waals surface area contributed by atoms with Crippen molar-refractivity contribution in [2.45, 2.75) is 76.4 Å². The van der Waals surface area contributed by atoms with Crippen molar-refractivity contribution in [3.8, 4) is 0 Å². The van der Waals surface area contributed by atoms with E-state index in [1.54, 1.807) is 31.1 Å². The molecule has 0 radical (unpaired) electrons. The van der Waals surface area contributed by atoms with Gasteiger partial charge in [0.2, 0.25) is 5.91 Å². The predicted molar refractivity (Wildman–Crippen MR) is 146 cm³/mol. The summed E-state index contributed by atoms with van der Waals surface area (Å²) in [4.78, 5) is 46.1. The van der Waals surface area contributed by atoms with Gasteiger partial charge in [0.15, 0.2) is 0 Å². The van der Waals surface area contributed by atoms with Crippen LogP contribution >= 0.6 is 0 Å². The van der Waals surface area contributed by atoms with Crippen LogP contribution in [0.3, 0.4) is 0 Å². The number of anilines is 1. The fourth-order valence-electron chi connectivity index (χ4n) is 5.68. The van der Waals surface area contributed by atoms with Crippen LogP contribution in [0, 0.1) is 12.7 Å². The molecule has 4 amide bonds. The molecule has 1 aliphatic carbocycles. The minimum atomic E-state index is -1.01. The second kappa shape index (κ2) is 12.4. The Balaban J connectivity index is 1.81. The molecule has 2 atom stereocenters. The first-order chi connectivity index (χ1) is 18.3. The molecule has 2 aromatic rings. The molecule has 2 aliphatic rings. The van der Waals surface area contributed by atoms with E-state index in [4.69, 9.17) is 0 Å². The standard InChI is InChI=1S/C30H39FN4O3/c1-21-12-7-8-17-25(21)27(28(36)32-23-14-5-4-6-15-23)35(24-16-11-13-22(31)20-24)29(37)26-18-9-10-19-34(26)30(38)33(2)3/h7-8,11-13,16-17,20,23,26-27H,4-6,9-10,14-15,18-19H2,1-3H3,(H,32,36)/t26-,27?/m1/s1. The number of nitrogens with zero attached hydrogens (tertiary/aromatic N) is 3. The number of carbonyl (C=O) groups is 3. The quantitative estimate of drug-likeness (QED) is 0.567. The molecule has 0 aromatic heterocycles. The lowest BCUT2D eigenvalue weighted by Gasteiger charge is -2.41. The summed E-state index contributed by atoms with van der Waals surface area (Å²) in [7, 11) is 3.33. The van der Waals surface area contributed by atoms with E-state index >= 15 is 0 Å². The van der Waals surface area contributed by atoms with Crippen LogP contribution in [-0.2, 0) is 9.59 Å². The van der Waals surface area contributed by atoms with E-state index in [0.29, 0.717) is 24.2 Å². The summed E-state index contributed by atoms with van der Waals surface area (Å²) in [5.74, 6) is -1.16.